The van der Waals surface area contributed by atoms with E-state index >= 15 is 0 Å². The Morgan fingerprint density at radius 1 is 1.19 bits per heavy atom. The Hall–Kier alpha value is -2.99. The zero-order valence-electron chi connectivity index (χ0n) is 14.9. The van der Waals surface area contributed by atoms with Gasteiger partial charge in [0.25, 0.3) is 0 Å². The maximum Gasteiger partial charge on any atom is 0.246 e. The molecule has 3 aromatic rings. The van der Waals surface area contributed by atoms with Crippen molar-refractivity contribution in [3.8, 4) is 11.5 Å². The first-order valence-corrected chi connectivity index (χ1v) is 8.38. The number of aromatic nitrogens is 2. The van der Waals surface area contributed by atoms with Gasteiger partial charge in [-0.15, -0.1) is 0 Å². The fourth-order valence-electron chi connectivity index (χ4n) is 2.38. The van der Waals surface area contributed by atoms with Crippen LogP contribution in [0.15, 0.2) is 53.2 Å². The quantitative estimate of drug-likeness (QED) is 0.707. The van der Waals surface area contributed by atoms with Gasteiger partial charge >= 0.3 is 0 Å². The van der Waals surface area contributed by atoms with E-state index in [9.17, 15) is 4.79 Å². The van der Waals surface area contributed by atoms with E-state index in [2.05, 4.69) is 15.3 Å². The molecule has 134 valence electrons. The highest BCUT2D eigenvalue weighted by molar-refractivity contribution is 5.77. The Bertz CT molecular complexity index is 858. The third kappa shape index (κ3) is 4.77. The first-order valence-electron chi connectivity index (χ1n) is 8.38. The van der Waals surface area contributed by atoms with Crippen molar-refractivity contribution in [2.75, 3.05) is 6.61 Å². The highest BCUT2D eigenvalue weighted by Gasteiger charge is 2.12. The summed E-state index contributed by atoms with van der Waals surface area (Å²) in [5.41, 5.74) is 3.73. The van der Waals surface area contributed by atoms with Crippen LogP contribution in [0.5, 0.6) is 0 Å². The minimum atomic E-state index is -0.186. The van der Waals surface area contributed by atoms with Crippen LogP contribution in [0.25, 0.3) is 11.5 Å². The lowest BCUT2D eigenvalue weighted by Crippen LogP contribution is -2.27. The van der Waals surface area contributed by atoms with Crippen molar-refractivity contribution in [1.82, 2.24) is 15.3 Å². The molecular weight excluding hydrogens is 330 g/mol. The molecule has 1 aromatic carbocycles. The average molecular weight is 351 g/mol. The summed E-state index contributed by atoms with van der Waals surface area (Å²) in [6, 6.07) is 11.7. The van der Waals surface area contributed by atoms with Gasteiger partial charge in [-0.2, -0.15) is 0 Å². The monoisotopic (exact) mass is 351 g/mol. The van der Waals surface area contributed by atoms with Crippen LogP contribution in [0.4, 0.5) is 0 Å². The number of carbonyl (C=O) groups excluding carboxylic acids is 1. The molecule has 3 rings (SSSR count). The second kappa shape index (κ2) is 8.40. The van der Waals surface area contributed by atoms with Crippen LogP contribution in [0.3, 0.4) is 0 Å². The number of rotatable bonds is 7. The van der Waals surface area contributed by atoms with E-state index in [-0.39, 0.29) is 19.1 Å². The molecule has 0 radical (unpaired) electrons. The third-order valence-electron chi connectivity index (χ3n) is 3.88. The number of oxazole rings is 1. The van der Waals surface area contributed by atoms with Crippen molar-refractivity contribution in [2.45, 2.75) is 27.0 Å². The predicted molar refractivity (Wildman–Crippen MR) is 97.2 cm³/mol. The van der Waals surface area contributed by atoms with E-state index in [4.69, 9.17) is 9.15 Å². The van der Waals surface area contributed by atoms with Crippen molar-refractivity contribution in [3.63, 3.8) is 0 Å². The SMILES string of the molecule is Cc1ccc(-c2nc(COCC(=O)NCc3cccnc3)c(C)o2)cc1. The fraction of sp³-hybridized carbons (Fsp3) is 0.250. The molecule has 0 saturated heterocycles. The number of benzene rings is 1. The number of ether oxygens (including phenoxy) is 1. The summed E-state index contributed by atoms with van der Waals surface area (Å²) in [4.78, 5) is 20.3. The second-order valence-electron chi connectivity index (χ2n) is 6.02. The molecule has 0 aliphatic rings. The number of hydrogen-bond donors (Lipinski definition) is 1. The summed E-state index contributed by atoms with van der Waals surface area (Å²) in [5, 5.41) is 2.79. The molecular formula is C20H21N3O3. The van der Waals surface area contributed by atoms with E-state index in [0.717, 1.165) is 11.1 Å². The van der Waals surface area contributed by atoms with Crippen molar-refractivity contribution in [3.05, 3.63) is 71.4 Å². The number of nitrogens with one attached hydrogen (secondary N) is 1. The largest absolute Gasteiger partial charge is 0.441 e. The predicted octanol–water partition coefficient (Wildman–Crippen LogP) is 3.19. The lowest BCUT2D eigenvalue weighted by Gasteiger charge is -2.05. The van der Waals surface area contributed by atoms with E-state index in [1.54, 1.807) is 12.4 Å². The van der Waals surface area contributed by atoms with Crippen molar-refractivity contribution in [2.24, 2.45) is 0 Å². The van der Waals surface area contributed by atoms with Crippen molar-refractivity contribution in [1.29, 1.82) is 0 Å². The van der Waals surface area contributed by atoms with Crippen LogP contribution in [0, 0.1) is 13.8 Å². The molecule has 26 heavy (non-hydrogen) atoms. The topological polar surface area (TPSA) is 77.2 Å². The molecule has 0 fully saturated rings. The van der Waals surface area contributed by atoms with Gasteiger partial charge in [0.15, 0.2) is 0 Å². The normalized spacial score (nSPS) is 10.7. The second-order valence-corrected chi connectivity index (χ2v) is 6.02. The molecule has 0 atom stereocenters. The number of nitrogens with zero attached hydrogens (tertiary/aromatic N) is 2. The molecule has 0 saturated carbocycles. The van der Waals surface area contributed by atoms with Gasteiger partial charge < -0.3 is 14.5 Å². The Morgan fingerprint density at radius 3 is 2.73 bits per heavy atom. The van der Waals surface area contributed by atoms with Crippen LogP contribution >= 0.6 is 0 Å². The zero-order chi connectivity index (χ0) is 18.4. The summed E-state index contributed by atoms with van der Waals surface area (Å²) >= 11 is 0. The molecule has 6 heteroatoms. The number of pyridine rings is 1. The highest BCUT2D eigenvalue weighted by Crippen LogP contribution is 2.22. The van der Waals surface area contributed by atoms with Crippen molar-refractivity contribution < 1.29 is 13.9 Å². The molecule has 0 spiro atoms. The van der Waals surface area contributed by atoms with E-state index in [0.29, 0.717) is 23.9 Å². The molecule has 2 aromatic heterocycles. The maximum atomic E-state index is 11.8. The highest BCUT2D eigenvalue weighted by atomic mass is 16.5. The molecule has 1 amide bonds. The molecule has 0 aliphatic heterocycles. The van der Waals surface area contributed by atoms with Crippen molar-refractivity contribution >= 4 is 5.91 Å². The summed E-state index contributed by atoms with van der Waals surface area (Å²) in [5.74, 6) is 1.06. The number of carbonyl (C=O) groups is 1. The molecule has 0 aliphatic carbocycles. The molecule has 6 nitrogen and oxygen atoms in total. The van der Waals surface area contributed by atoms with Crippen LogP contribution in [0.2, 0.25) is 0 Å². The summed E-state index contributed by atoms with van der Waals surface area (Å²) in [7, 11) is 0. The smallest absolute Gasteiger partial charge is 0.246 e. The lowest BCUT2D eigenvalue weighted by atomic mass is 10.1. The van der Waals surface area contributed by atoms with Gasteiger partial charge in [-0.3, -0.25) is 9.78 Å². The average Bonchev–Trinajstić information content (AvgIpc) is 3.02. The van der Waals surface area contributed by atoms with Crippen LogP contribution in [0.1, 0.15) is 22.6 Å². The first kappa shape index (κ1) is 17.8. The number of aryl methyl sites for hydroxylation is 2. The van der Waals surface area contributed by atoms with Crippen LogP contribution in [-0.2, 0) is 22.7 Å². The molecule has 1 N–H and O–H groups in total. The van der Waals surface area contributed by atoms with Gasteiger partial charge in [-0.25, -0.2) is 4.98 Å². The summed E-state index contributed by atoms with van der Waals surface area (Å²) in [6.07, 6.45) is 3.41. The van der Waals surface area contributed by atoms with Gasteiger partial charge in [0, 0.05) is 24.5 Å². The molecule has 0 bridgehead atoms. The zero-order valence-corrected chi connectivity index (χ0v) is 14.9. The van der Waals surface area contributed by atoms with Crippen LogP contribution < -0.4 is 5.32 Å². The first-order chi connectivity index (χ1) is 12.6. The molecule has 0 unspecified atom stereocenters. The number of amides is 1. The van der Waals surface area contributed by atoms with Gasteiger partial charge in [-0.05, 0) is 37.6 Å². The standard InChI is InChI=1S/C20H21N3O3/c1-14-5-7-17(8-6-14)20-23-18(15(2)26-20)12-25-13-19(24)22-11-16-4-3-9-21-10-16/h3-10H,11-13H2,1-2H3,(H,22,24). The Balaban J connectivity index is 1.49. The minimum absolute atomic E-state index is 0.0353. The minimum Gasteiger partial charge on any atom is -0.441 e. The van der Waals surface area contributed by atoms with Gasteiger partial charge in [0.05, 0.1) is 6.61 Å². The van der Waals surface area contributed by atoms with Gasteiger partial charge in [0.2, 0.25) is 11.8 Å². The maximum absolute atomic E-state index is 11.8. The molecule has 2 heterocycles. The van der Waals surface area contributed by atoms with Gasteiger partial charge in [0.1, 0.15) is 18.1 Å². The van der Waals surface area contributed by atoms with Crippen LogP contribution in [-0.4, -0.2) is 22.5 Å². The lowest BCUT2D eigenvalue weighted by molar-refractivity contribution is -0.126. The summed E-state index contributed by atoms with van der Waals surface area (Å²) in [6.45, 7) is 4.49. The van der Waals surface area contributed by atoms with Gasteiger partial charge in [-0.1, -0.05) is 23.8 Å². The number of hydrogen-bond acceptors (Lipinski definition) is 5. The Labute approximate surface area is 152 Å². The Kier molecular flexibility index (Phi) is 5.76. The fourth-order valence-corrected chi connectivity index (χ4v) is 2.38. The van der Waals surface area contributed by atoms with E-state index in [1.165, 1.54) is 5.56 Å². The Morgan fingerprint density at radius 2 is 2.00 bits per heavy atom. The van der Waals surface area contributed by atoms with E-state index < -0.39 is 0 Å². The third-order valence-corrected chi connectivity index (χ3v) is 3.88. The van der Waals surface area contributed by atoms with E-state index in [1.807, 2.05) is 50.2 Å². The summed E-state index contributed by atoms with van der Waals surface area (Å²) < 4.78 is 11.2.